The summed E-state index contributed by atoms with van der Waals surface area (Å²) in [5.41, 5.74) is 3.73. The molecule has 0 spiro atoms. The zero-order valence-electron chi connectivity index (χ0n) is 30.4. The maximum Gasteiger partial charge on any atom is 0.335 e. The second-order valence-corrected chi connectivity index (χ2v) is 14.0. The maximum atomic E-state index is 14.0. The number of nitro benzene ring substituents is 2. The third-order valence-corrected chi connectivity index (χ3v) is 10.4. The predicted octanol–water partition coefficient (Wildman–Crippen LogP) is 8.29. The first-order valence-corrected chi connectivity index (χ1v) is 18.6. The number of benzene rings is 4. The summed E-state index contributed by atoms with van der Waals surface area (Å²) in [6.07, 6.45) is 5.01. The fourth-order valence-corrected chi connectivity index (χ4v) is 7.60. The molecule has 1 aliphatic carbocycles. The molecule has 0 radical (unpaired) electrons. The van der Waals surface area contributed by atoms with E-state index in [1.54, 1.807) is 24.3 Å². The molecule has 0 bridgehead atoms. The van der Waals surface area contributed by atoms with Crippen LogP contribution in [0.3, 0.4) is 0 Å². The van der Waals surface area contributed by atoms with Gasteiger partial charge in [0.25, 0.3) is 11.4 Å². The van der Waals surface area contributed by atoms with E-state index < -0.39 is 15.8 Å². The first-order valence-electron chi connectivity index (χ1n) is 18.6. The number of hydrogen-bond donors (Lipinski definition) is 2. The van der Waals surface area contributed by atoms with E-state index in [4.69, 9.17) is 9.26 Å². The number of ketones is 2. The molecular weight excluding hydrogens is 722 g/mol. The van der Waals surface area contributed by atoms with Gasteiger partial charge in [-0.2, -0.15) is 0 Å². The summed E-state index contributed by atoms with van der Waals surface area (Å²) in [7, 11) is 0. The molecule has 1 aromatic heterocycles. The lowest BCUT2D eigenvalue weighted by Crippen LogP contribution is -2.39. The molecule has 1 atom stereocenters. The molecule has 1 aliphatic heterocycles. The Morgan fingerprint density at radius 1 is 0.946 bits per heavy atom. The molecule has 288 valence electrons. The van der Waals surface area contributed by atoms with E-state index in [1.165, 1.54) is 24.3 Å². The Bertz CT molecular complexity index is 2350. The molecule has 0 unspecified atom stereocenters. The second-order valence-electron chi connectivity index (χ2n) is 14.0. The van der Waals surface area contributed by atoms with Gasteiger partial charge < -0.3 is 24.6 Å². The molecule has 15 heteroatoms. The van der Waals surface area contributed by atoms with Crippen LogP contribution in [0.4, 0.5) is 28.4 Å². The molecule has 1 fully saturated rings. The van der Waals surface area contributed by atoms with E-state index in [1.807, 2.05) is 18.2 Å². The van der Waals surface area contributed by atoms with Gasteiger partial charge in [0.2, 0.25) is 0 Å². The van der Waals surface area contributed by atoms with Crippen molar-refractivity contribution in [2.45, 2.75) is 51.4 Å². The summed E-state index contributed by atoms with van der Waals surface area (Å²) in [4.78, 5) is 62.4. The Hall–Kier alpha value is -6.48. The van der Waals surface area contributed by atoms with Crippen molar-refractivity contribution in [3.05, 3.63) is 115 Å². The third-order valence-electron chi connectivity index (χ3n) is 10.4. The summed E-state index contributed by atoms with van der Waals surface area (Å²) in [5, 5.41) is 40.3. The van der Waals surface area contributed by atoms with Crippen LogP contribution in [-0.2, 0) is 16.0 Å². The molecular formula is C41H39N5O10. The highest BCUT2D eigenvalue weighted by Crippen LogP contribution is 2.47. The Kier molecular flexibility index (Phi) is 11.1. The quantitative estimate of drug-likeness (QED) is 0.0510. The van der Waals surface area contributed by atoms with Crippen LogP contribution < -0.4 is 10.2 Å². The van der Waals surface area contributed by atoms with E-state index in [0.717, 1.165) is 24.6 Å². The highest BCUT2D eigenvalue weighted by atomic mass is 16.6. The number of unbranched alkanes of at least 4 members (excludes halogenated alkanes) is 2. The highest BCUT2D eigenvalue weighted by molar-refractivity contribution is 6.29. The lowest BCUT2D eigenvalue weighted by atomic mass is 9.85. The number of ether oxygens (including phenoxy) is 1. The number of aromatic carboxylic acids is 1. The van der Waals surface area contributed by atoms with E-state index >= 15 is 0 Å². The minimum Gasteiger partial charge on any atom is -0.478 e. The van der Waals surface area contributed by atoms with Crippen LogP contribution in [-0.4, -0.2) is 63.9 Å². The van der Waals surface area contributed by atoms with E-state index in [0.29, 0.717) is 115 Å². The van der Waals surface area contributed by atoms with Crippen molar-refractivity contribution in [3.8, 4) is 11.3 Å². The average molecular weight is 762 g/mol. The summed E-state index contributed by atoms with van der Waals surface area (Å²) in [6.45, 7) is 2.08. The standard InChI is InChI=1S/C41H39N5O10/c47-35(15-4-6-20-55-19-5-3-9-25-16-17-29(45(51)52)22-33(25)46(53)54)27-11-8-18-44(24-27)34-23-32(42-28-12-7-10-26(21-28)41(49)50)36-37-38(34)43-56-40(37)31-14-2-1-13-30(31)39(36)48/h1-2,7,10,12-14,16-17,21-23,27,42H,3-6,8-9,11,15,18-20,24H2,(H,49,50)/t27-/m0/s1. The smallest absolute Gasteiger partial charge is 0.335 e. The van der Waals surface area contributed by atoms with Gasteiger partial charge in [-0.3, -0.25) is 29.8 Å². The molecule has 2 N–H and O–H groups in total. The number of hydrogen-bond acceptors (Lipinski definition) is 12. The number of carbonyl (C=O) groups is 3. The molecule has 2 heterocycles. The van der Waals surface area contributed by atoms with Gasteiger partial charge in [0.05, 0.1) is 43.8 Å². The van der Waals surface area contributed by atoms with Gasteiger partial charge in [0, 0.05) is 67.1 Å². The summed E-state index contributed by atoms with van der Waals surface area (Å²) in [5.74, 6) is -0.821. The number of aryl methyl sites for hydroxylation is 1. The van der Waals surface area contributed by atoms with Crippen LogP contribution in [0.2, 0.25) is 0 Å². The number of Topliss-reactive ketones (excluding diaryl/α,β-unsaturated/α-hetero) is 1. The monoisotopic (exact) mass is 761 g/mol. The third kappa shape index (κ3) is 7.84. The van der Waals surface area contributed by atoms with Crippen LogP contribution in [0.15, 0.2) is 77.3 Å². The number of rotatable bonds is 17. The van der Waals surface area contributed by atoms with Crippen molar-refractivity contribution in [1.29, 1.82) is 0 Å². The SMILES string of the molecule is O=C(O)c1cccc(Nc2cc(N3CCC[C@H](C(=O)CCCCOCCCCc4ccc([N+](=O)[O-])cc4[N+](=O)[O-])C3)c3noc4c3c2C(=O)c2ccccc2-4)c1. The zero-order chi connectivity index (χ0) is 39.3. The molecule has 15 nitrogen and oxygen atoms in total. The van der Waals surface area contributed by atoms with E-state index in [9.17, 15) is 39.7 Å². The van der Waals surface area contributed by atoms with Crippen molar-refractivity contribution in [2.75, 3.05) is 36.5 Å². The van der Waals surface area contributed by atoms with Crippen LogP contribution in [0.1, 0.15) is 76.8 Å². The summed E-state index contributed by atoms with van der Waals surface area (Å²) in [6, 6.07) is 19.1. The number of aromatic nitrogens is 1. The highest BCUT2D eigenvalue weighted by Gasteiger charge is 2.35. The average Bonchev–Trinajstić information content (AvgIpc) is 3.64. The number of fused-ring (bicyclic) bond motifs is 2. The lowest BCUT2D eigenvalue weighted by molar-refractivity contribution is -0.394. The van der Waals surface area contributed by atoms with Crippen LogP contribution in [0.5, 0.6) is 0 Å². The van der Waals surface area contributed by atoms with Gasteiger partial charge in [-0.25, -0.2) is 4.79 Å². The van der Waals surface area contributed by atoms with Gasteiger partial charge in [0.1, 0.15) is 11.3 Å². The summed E-state index contributed by atoms with van der Waals surface area (Å²) >= 11 is 0. The Labute approximate surface area is 320 Å². The molecule has 0 amide bonds. The Morgan fingerprint density at radius 2 is 1.73 bits per heavy atom. The Balaban J connectivity index is 0.969. The van der Waals surface area contributed by atoms with Crippen molar-refractivity contribution in [3.63, 3.8) is 0 Å². The number of carboxylic acid groups (broad SMARTS) is 1. The largest absolute Gasteiger partial charge is 0.478 e. The zero-order valence-corrected chi connectivity index (χ0v) is 30.4. The molecule has 1 saturated heterocycles. The second kappa shape index (κ2) is 16.5. The molecule has 56 heavy (non-hydrogen) atoms. The number of piperidine rings is 1. The number of anilines is 3. The van der Waals surface area contributed by atoms with Gasteiger partial charge in [-0.15, -0.1) is 0 Å². The fraction of sp³-hybridized carbons (Fsp3) is 0.317. The fourth-order valence-electron chi connectivity index (χ4n) is 7.60. The molecule has 7 rings (SSSR count). The minimum atomic E-state index is -1.07. The van der Waals surface area contributed by atoms with Gasteiger partial charge in [0.15, 0.2) is 11.5 Å². The number of nitro groups is 2. The minimum absolute atomic E-state index is 0.100. The van der Waals surface area contributed by atoms with Crippen LogP contribution in [0, 0.1) is 26.1 Å². The van der Waals surface area contributed by atoms with Crippen molar-refractivity contribution < 1.29 is 38.6 Å². The molecule has 0 saturated carbocycles. The number of non-ortho nitro benzene ring substituents is 1. The van der Waals surface area contributed by atoms with Crippen LogP contribution in [0.25, 0.3) is 22.2 Å². The van der Waals surface area contributed by atoms with Gasteiger partial charge in [-0.05, 0) is 75.3 Å². The first-order chi connectivity index (χ1) is 27.1. The van der Waals surface area contributed by atoms with Gasteiger partial charge >= 0.3 is 5.97 Å². The van der Waals surface area contributed by atoms with Crippen molar-refractivity contribution in [2.24, 2.45) is 5.92 Å². The lowest BCUT2D eigenvalue weighted by Gasteiger charge is -2.34. The predicted molar refractivity (Wildman–Crippen MR) is 207 cm³/mol. The Morgan fingerprint density at radius 3 is 2.50 bits per heavy atom. The topological polar surface area (TPSA) is 208 Å². The van der Waals surface area contributed by atoms with E-state index in [-0.39, 0.29) is 34.4 Å². The van der Waals surface area contributed by atoms with Crippen molar-refractivity contribution in [1.82, 2.24) is 5.16 Å². The maximum absolute atomic E-state index is 14.0. The summed E-state index contributed by atoms with van der Waals surface area (Å²) < 4.78 is 11.7. The van der Waals surface area contributed by atoms with Gasteiger partial charge in [-0.1, -0.05) is 35.5 Å². The van der Waals surface area contributed by atoms with Crippen LogP contribution >= 0.6 is 0 Å². The first kappa shape index (κ1) is 37.8. The number of nitrogens with zero attached hydrogens (tertiary/aromatic N) is 4. The number of carboxylic acids is 1. The normalized spacial score (nSPS) is 14.8. The van der Waals surface area contributed by atoms with E-state index in [2.05, 4.69) is 15.4 Å². The molecule has 2 aliphatic rings. The molecule has 4 aromatic carbocycles. The number of nitrogens with one attached hydrogen (secondary N) is 1. The molecule has 5 aromatic rings. The number of carbonyl (C=O) groups excluding carboxylic acids is 2. The van der Waals surface area contributed by atoms with Crippen molar-refractivity contribution >= 4 is 56.9 Å².